The van der Waals surface area contributed by atoms with Crippen molar-refractivity contribution < 1.29 is 5.11 Å². The highest BCUT2D eigenvalue weighted by Gasteiger charge is 2.08. The predicted octanol–water partition coefficient (Wildman–Crippen LogP) is 3.30. The second-order valence-corrected chi connectivity index (χ2v) is 5.76. The molecule has 0 aromatic heterocycles. The van der Waals surface area contributed by atoms with Gasteiger partial charge in [-0.25, -0.2) is 0 Å². The molecular weight excluding hydrogens is 286 g/mol. The Morgan fingerprint density at radius 1 is 1.50 bits per heavy atom. The monoisotopic (exact) mass is 303 g/mol. The van der Waals surface area contributed by atoms with E-state index in [0.29, 0.717) is 18.3 Å². The van der Waals surface area contributed by atoms with Gasteiger partial charge in [0.25, 0.3) is 0 Å². The third kappa shape index (κ3) is 4.00. The molecule has 1 aromatic carbocycles. The second-order valence-electron chi connectivity index (χ2n) is 3.99. The maximum Gasteiger partial charge on any atom is 0.134 e. The van der Waals surface area contributed by atoms with Gasteiger partial charge in [-0.2, -0.15) is 11.8 Å². The van der Waals surface area contributed by atoms with E-state index < -0.39 is 0 Å². The van der Waals surface area contributed by atoms with E-state index in [-0.39, 0.29) is 0 Å². The van der Waals surface area contributed by atoms with Gasteiger partial charge in [-0.3, -0.25) is 0 Å². The van der Waals surface area contributed by atoms with Crippen molar-refractivity contribution in [1.29, 1.82) is 0 Å². The number of hydrogen-bond acceptors (Lipinski definition) is 3. The molecule has 0 amide bonds. The Bertz CT molecular complexity index is 357. The summed E-state index contributed by atoms with van der Waals surface area (Å²) in [7, 11) is 0. The van der Waals surface area contributed by atoms with Crippen molar-refractivity contribution in [3.8, 4) is 5.75 Å². The summed E-state index contributed by atoms with van der Waals surface area (Å²) in [5, 5.41) is 13.3. The molecule has 0 radical (unpaired) electrons. The van der Waals surface area contributed by atoms with Crippen LogP contribution in [-0.2, 0) is 6.54 Å². The van der Waals surface area contributed by atoms with Gasteiger partial charge in [0.1, 0.15) is 5.75 Å². The Morgan fingerprint density at radius 3 is 2.81 bits per heavy atom. The van der Waals surface area contributed by atoms with E-state index in [2.05, 4.69) is 34.4 Å². The molecule has 0 fully saturated rings. The molecule has 0 saturated carbocycles. The van der Waals surface area contributed by atoms with E-state index in [1.807, 2.05) is 30.8 Å². The lowest BCUT2D eigenvalue weighted by Crippen LogP contribution is -2.27. The summed E-state index contributed by atoms with van der Waals surface area (Å²) in [5.74, 6) is 1.42. The van der Waals surface area contributed by atoms with Crippen molar-refractivity contribution in [3.63, 3.8) is 0 Å². The van der Waals surface area contributed by atoms with Gasteiger partial charge in [0, 0.05) is 23.9 Å². The van der Waals surface area contributed by atoms with Gasteiger partial charge in [-0.1, -0.05) is 6.07 Å². The van der Waals surface area contributed by atoms with Crippen molar-refractivity contribution in [1.82, 2.24) is 5.32 Å². The molecule has 0 aliphatic rings. The van der Waals surface area contributed by atoms with E-state index in [1.54, 1.807) is 0 Å². The Balaban J connectivity index is 2.66. The summed E-state index contributed by atoms with van der Waals surface area (Å²) in [4.78, 5) is 0. The first kappa shape index (κ1) is 13.9. The first-order chi connectivity index (χ1) is 7.54. The summed E-state index contributed by atoms with van der Waals surface area (Å²) < 4.78 is 0.766. The molecule has 0 aliphatic carbocycles. The molecule has 0 aliphatic heterocycles. The van der Waals surface area contributed by atoms with E-state index in [1.165, 1.54) is 0 Å². The van der Waals surface area contributed by atoms with Crippen molar-refractivity contribution in [2.24, 2.45) is 0 Å². The number of rotatable bonds is 5. The number of phenolic OH excluding ortho intramolecular Hbond substituents is 1. The topological polar surface area (TPSA) is 32.3 Å². The van der Waals surface area contributed by atoms with E-state index in [9.17, 15) is 5.11 Å². The van der Waals surface area contributed by atoms with Gasteiger partial charge in [-0.05, 0) is 47.7 Å². The molecule has 1 rings (SSSR count). The van der Waals surface area contributed by atoms with Crippen LogP contribution in [0, 0.1) is 6.92 Å². The highest BCUT2D eigenvalue weighted by atomic mass is 79.9. The third-order valence-corrected chi connectivity index (χ3v) is 3.78. The van der Waals surface area contributed by atoms with Gasteiger partial charge < -0.3 is 10.4 Å². The Hall–Kier alpha value is -0.190. The molecule has 90 valence electrons. The van der Waals surface area contributed by atoms with Crippen molar-refractivity contribution in [2.45, 2.75) is 26.4 Å². The van der Waals surface area contributed by atoms with Crippen molar-refractivity contribution in [2.75, 3.05) is 12.0 Å². The van der Waals surface area contributed by atoms with Crippen LogP contribution in [0.4, 0.5) is 0 Å². The van der Waals surface area contributed by atoms with Gasteiger partial charge in [0.15, 0.2) is 0 Å². The highest BCUT2D eigenvalue weighted by Crippen LogP contribution is 2.29. The molecule has 2 nitrogen and oxygen atoms in total. The molecule has 2 N–H and O–H groups in total. The molecule has 4 heteroatoms. The van der Waals surface area contributed by atoms with Crippen LogP contribution in [0.5, 0.6) is 5.75 Å². The first-order valence-corrected chi connectivity index (χ1v) is 7.43. The summed E-state index contributed by atoms with van der Waals surface area (Å²) in [6.07, 6.45) is 2.10. The molecule has 0 bridgehead atoms. The zero-order chi connectivity index (χ0) is 12.1. The van der Waals surface area contributed by atoms with Crippen LogP contribution < -0.4 is 5.32 Å². The van der Waals surface area contributed by atoms with Crippen LogP contribution in [0.2, 0.25) is 0 Å². The fraction of sp³-hybridized carbons (Fsp3) is 0.500. The average Bonchev–Trinajstić information content (AvgIpc) is 2.21. The number of nitrogens with one attached hydrogen (secondary N) is 1. The number of aryl methyl sites for hydroxylation is 1. The SMILES string of the molecule is CSCC(C)NCc1cc(C)cc(Br)c1O. The van der Waals surface area contributed by atoms with E-state index in [4.69, 9.17) is 0 Å². The summed E-state index contributed by atoms with van der Waals surface area (Å²) in [5.41, 5.74) is 2.10. The van der Waals surface area contributed by atoms with Crippen LogP contribution in [0.3, 0.4) is 0 Å². The number of phenols is 1. The number of thioether (sulfide) groups is 1. The summed E-state index contributed by atoms with van der Waals surface area (Å²) >= 11 is 5.17. The summed E-state index contributed by atoms with van der Waals surface area (Å²) in [6, 6.07) is 4.39. The Kier molecular flexibility index (Phi) is 5.66. The minimum atomic E-state index is 0.342. The molecule has 1 unspecified atom stereocenters. The van der Waals surface area contributed by atoms with Gasteiger partial charge in [-0.15, -0.1) is 0 Å². The van der Waals surface area contributed by atoms with Crippen LogP contribution >= 0.6 is 27.7 Å². The average molecular weight is 304 g/mol. The maximum atomic E-state index is 9.87. The number of aromatic hydroxyl groups is 1. The van der Waals surface area contributed by atoms with Gasteiger partial charge in [0.05, 0.1) is 4.47 Å². The lowest BCUT2D eigenvalue weighted by Gasteiger charge is -2.14. The third-order valence-electron chi connectivity index (χ3n) is 2.34. The van der Waals surface area contributed by atoms with Crippen LogP contribution in [0.25, 0.3) is 0 Å². The molecule has 1 atom stereocenters. The number of hydrogen-bond donors (Lipinski definition) is 2. The Morgan fingerprint density at radius 2 is 2.19 bits per heavy atom. The molecule has 0 saturated heterocycles. The number of halogens is 1. The standard InChI is InChI=1S/C12H18BrNOS/c1-8-4-10(12(15)11(13)5-8)6-14-9(2)7-16-3/h4-5,9,14-15H,6-7H2,1-3H3. The molecular formula is C12H18BrNOS. The van der Waals surface area contributed by atoms with E-state index >= 15 is 0 Å². The molecule has 0 heterocycles. The quantitative estimate of drug-likeness (QED) is 0.875. The fourth-order valence-corrected chi connectivity index (χ4v) is 2.77. The minimum absolute atomic E-state index is 0.342. The van der Waals surface area contributed by atoms with Crippen molar-refractivity contribution >= 4 is 27.7 Å². The predicted molar refractivity (Wildman–Crippen MR) is 75.2 cm³/mol. The Labute approximate surface area is 110 Å². The smallest absolute Gasteiger partial charge is 0.134 e. The maximum absolute atomic E-state index is 9.87. The van der Waals surface area contributed by atoms with Crippen LogP contribution in [0.15, 0.2) is 16.6 Å². The number of benzene rings is 1. The second kappa shape index (κ2) is 6.52. The lowest BCUT2D eigenvalue weighted by atomic mass is 10.1. The van der Waals surface area contributed by atoms with Gasteiger partial charge in [0.2, 0.25) is 0 Å². The fourth-order valence-electron chi connectivity index (χ4n) is 1.53. The molecule has 1 aromatic rings. The molecule has 16 heavy (non-hydrogen) atoms. The van der Waals surface area contributed by atoms with Gasteiger partial charge >= 0.3 is 0 Å². The zero-order valence-electron chi connectivity index (χ0n) is 9.88. The van der Waals surface area contributed by atoms with Crippen LogP contribution in [-0.4, -0.2) is 23.2 Å². The molecule has 0 spiro atoms. The van der Waals surface area contributed by atoms with Crippen molar-refractivity contribution in [3.05, 3.63) is 27.7 Å². The minimum Gasteiger partial charge on any atom is -0.506 e. The zero-order valence-corrected chi connectivity index (χ0v) is 12.3. The largest absolute Gasteiger partial charge is 0.506 e. The first-order valence-electron chi connectivity index (χ1n) is 5.25. The lowest BCUT2D eigenvalue weighted by molar-refractivity contribution is 0.458. The highest BCUT2D eigenvalue weighted by molar-refractivity contribution is 9.10. The van der Waals surface area contributed by atoms with Crippen LogP contribution in [0.1, 0.15) is 18.1 Å². The normalized spacial score (nSPS) is 12.8. The summed E-state index contributed by atoms with van der Waals surface area (Å²) in [6.45, 7) is 4.88. The van der Waals surface area contributed by atoms with E-state index in [0.717, 1.165) is 21.4 Å².